The van der Waals surface area contributed by atoms with Crippen LogP contribution in [-0.4, -0.2) is 116 Å². The molecule has 11 nitrogen and oxygen atoms in total. The van der Waals surface area contributed by atoms with Crippen LogP contribution in [0.4, 0.5) is 8.78 Å². The van der Waals surface area contributed by atoms with Gasteiger partial charge in [0, 0.05) is 49.3 Å². The van der Waals surface area contributed by atoms with Crippen molar-refractivity contribution in [3.05, 3.63) is 47.5 Å². The molecule has 60 heavy (non-hydrogen) atoms. The number of hydrogen-bond donors (Lipinski definition) is 1. The van der Waals surface area contributed by atoms with E-state index in [9.17, 15) is 13.6 Å². The Kier molecular flexibility index (Phi) is 19.2. The maximum Gasteiger partial charge on any atom is 0.248 e. The van der Waals surface area contributed by atoms with Crippen molar-refractivity contribution < 1.29 is 37.3 Å². The standard InChI is InChI=1S/C45H67F2N5O6.C2H6/c1-5-19-54-20-21-55-22-23-56-24-25-57-26-27-58-40-31-44(32-40)29-38(30-44)42-50-49-35(4)52(42)34(3)28-39-12-11-33(2)51(39)18-15-41(36-9-7-6-8-10-36)48-43(53)37-13-16-45(46,47)17-14-37;1-2/h1,6-10,33-34,37-41H,11-32H2,2-4H3,(H,48,53);1-2H3. The van der Waals surface area contributed by atoms with Gasteiger partial charge in [0.25, 0.3) is 0 Å². The summed E-state index contributed by atoms with van der Waals surface area (Å²) in [5, 5.41) is 12.6. The molecular formula is C47H73F2N5O6. The quantitative estimate of drug-likeness (QED) is 0.0827. The average molecular weight is 842 g/mol. The predicted molar refractivity (Wildman–Crippen MR) is 229 cm³/mol. The van der Waals surface area contributed by atoms with E-state index in [0.717, 1.165) is 75.1 Å². The van der Waals surface area contributed by atoms with E-state index in [1.807, 2.05) is 32.0 Å². The Morgan fingerprint density at radius 3 is 2.15 bits per heavy atom. The number of hydrogen-bond acceptors (Lipinski definition) is 9. The van der Waals surface area contributed by atoms with Crippen LogP contribution in [0.3, 0.4) is 0 Å². The molecule has 4 aliphatic rings. The van der Waals surface area contributed by atoms with Crippen LogP contribution in [-0.2, 0) is 28.5 Å². The molecule has 4 unspecified atom stereocenters. The second kappa shape index (κ2) is 24.0. The van der Waals surface area contributed by atoms with E-state index in [2.05, 4.69) is 58.7 Å². The highest BCUT2D eigenvalue weighted by atomic mass is 19.3. The number of rotatable bonds is 24. The number of carbonyl (C=O) groups excluding carboxylic acids is 1. The first kappa shape index (κ1) is 48.0. The topological polar surface area (TPSA) is 109 Å². The largest absolute Gasteiger partial charge is 0.377 e. The number of aryl methyl sites for hydroxylation is 1. The number of benzene rings is 1. The number of halogens is 2. The highest BCUT2D eigenvalue weighted by molar-refractivity contribution is 5.79. The molecule has 4 fully saturated rings. The zero-order valence-electron chi connectivity index (χ0n) is 37.1. The van der Waals surface area contributed by atoms with Gasteiger partial charge in [-0.1, -0.05) is 50.1 Å². The third-order valence-electron chi connectivity index (χ3n) is 13.1. The zero-order chi connectivity index (χ0) is 43.0. The van der Waals surface area contributed by atoms with Gasteiger partial charge in [-0.05, 0) is 96.0 Å². The Balaban J connectivity index is 0.00000336. The SMILES string of the molecule is C#CCOCCOCCOCCOCCOC1CC2(C1)CC(c1nnc(C)n1C(C)CC1CCC(C)N1CCC(NC(=O)C1CCC(F)(F)CC1)c1ccccc1)C2.CC. The summed E-state index contributed by atoms with van der Waals surface area (Å²) >= 11 is 0. The number of nitrogens with zero attached hydrogens (tertiary/aromatic N) is 4. The fraction of sp³-hybridized carbons (Fsp3) is 0.766. The third kappa shape index (κ3) is 13.8. The van der Waals surface area contributed by atoms with Crippen molar-refractivity contribution in [1.82, 2.24) is 25.0 Å². The predicted octanol–water partition coefficient (Wildman–Crippen LogP) is 8.23. The van der Waals surface area contributed by atoms with E-state index < -0.39 is 5.92 Å². The first-order valence-electron chi connectivity index (χ1n) is 22.8. The van der Waals surface area contributed by atoms with Gasteiger partial charge < -0.3 is 33.6 Å². The summed E-state index contributed by atoms with van der Waals surface area (Å²) in [7, 11) is 0. The molecule has 336 valence electrons. The van der Waals surface area contributed by atoms with E-state index >= 15 is 0 Å². The molecule has 2 heterocycles. The Labute approximate surface area is 358 Å². The molecule has 1 aromatic carbocycles. The number of likely N-dealkylation sites (tertiary alicyclic amines) is 1. The number of amides is 1. The Bertz CT molecular complexity index is 1580. The second-order valence-electron chi connectivity index (χ2n) is 17.4. The number of ether oxygens (including phenoxy) is 5. The van der Waals surface area contributed by atoms with E-state index in [0.29, 0.717) is 89.0 Å². The van der Waals surface area contributed by atoms with Crippen LogP contribution in [0.25, 0.3) is 0 Å². The molecule has 0 bridgehead atoms. The lowest BCUT2D eigenvalue weighted by Gasteiger charge is -2.57. The van der Waals surface area contributed by atoms with Gasteiger partial charge in [0.1, 0.15) is 18.3 Å². The van der Waals surface area contributed by atoms with Crippen LogP contribution in [0.5, 0.6) is 0 Å². The molecule has 1 aliphatic heterocycles. The van der Waals surface area contributed by atoms with E-state index in [-0.39, 0.29) is 49.6 Å². The number of carbonyl (C=O) groups is 1. The smallest absolute Gasteiger partial charge is 0.248 e. The van der Waals surface area contributed by atoms with Crippen LogP contribution >= 0.6 is 0 Å². The minimum atomic E-state index is -2.65. The lowest BCUT2D eigenvalue weighted by molar-refractivity contribution is -0.134. The molecule has 1 spiro atoms. The van der Waals surface area contributed by atoms with Gasteiger partial charge in [-0.2, -0.15) is 0 Å². The van der Waals surface area contributed by atoms with Gasteiger partial charge in [0.15, 0.2) is 0 Å². The first-order chi connectivity index (χ1) is 29.1. The Hall–Kier alpha value is -2.99. The summed E-state index contributed by atoms with van der Waals surface area (Å²) in [5.41, 5.74) is 1.42. The van der Waals surface area contributed by atoms with Crippen LogP contribution in [0.1, 0.15) is 140 Å². The molecule has 0 radical (unpaired) electrons. The summed E-state index contributed by atoms with van der Waals surface area (Å²) in [6, 6.07) is 11.0. The number of alkyl halides is 2. The summed E-state index contributed by atoms with van der Waals surface area (Å²) in [5.74, 6) is 1.85. The Morgan fingerprint density at radius 2 is 1.52 bits per heavy atom. The van der Waals surface area contributed by atoms with Gasteiger partial charge in [-0.3, -0.25) is 9.69 Å². The van der Waals surface area contributed by atoms with E-state index in [4.69, 9.17) is 35.2 Å². The lowest BCUT2D eigenvalue weighted by atomic mass is 9.50. The first-order valence-corrected chi connectivity index (χ1v) is 22.8. The second-order valence-corrected chi connectivity index (χ2v) is 17.4. The van der Waals surface area contributed by atoms with Crippen LogP contribution in [0, 0.1) is 30.6 Å². The van der Waals surface area contributed by atoms with E-state index in [1.165, 1.54) is 0 Å². The molecular weight excluding hydrogens is 769 g/mol. The van der Waals surface area contributed by atoms with Crippen LogP contribution < -0.4 is 5.32 Å². The van der Waals surface area contributed by atoms with E-state index in [1.54, 1.807) is 0 Å². The highest BCUT2D eigenvalue weighted by Crippen LogP contribution is 2.62. The lowest BCUT2D eigenvalue weighted by Crippen LogP contribution is -2.50. The molecule has 3 aliphatic carbocycles. The monoisotopic (exact) mass is 842 g/mol. The van der Waals surface area contributed by atoms with Crippen LogP contribution in [0.2, 0.25) is 0 Å². The molecule has 6 rings (SSSR count). The summed E-state index contributed by atoms with van der Waals surface area (Å²) in [6.45, 7) is 16.1. The zero-order valence-corrected chi connectivity index (χ0v) is 37.1. The van der Waals surface area contributed by atoms with Crippen molar-refractivity contribution in [2.45, 2.75) is 154 Å². The number of terminal acetylenes is 1. The normalized spacial score (nSPS) is 26.0. The molecule has 4 atom stereocenters. The minimum Gasteiger partial charge on any atom is -0.377 e. The summed E-state index contributed by atoms with van der Waals surface area (Å²) in [6.07, 6.45) is 14.0. The highest BCUT2D eigenvalue weighted by Gasteiger charge is 2.55. The van der Waals surface area contributed by atoms with Crippen LogP contribution in [0.15, 0.2) is 30.3 Å². The van der Waals surface area contributed by atoms with Gasteiger partial charge in [0.05, 0.1) is 65.0 Å². The van der Waals surface area contributed by atoms with Crippen molar-refractivity contribution in [1.29, 1.82) is 0 Å². The molecule has 13 heteroatoms. The van der Waals surface area contributed by atoms with Gasteiger partial charge in [-0.15, -0.1) is 16.6 Å². The molecule has 2 aromatic rings. The average Bonchev–Trinajstić information content (AvgIpc) is 3.77. The van der Waals surface area contributed by atoms with Crippen molar-refractivity contribution in [2.75, 3.05) is 66.0 Å². The molecule has 1 amide bonds. The fourth-order valence-electron chi connectivity index (χ4n) is 9.96. The maximum absolute atomic E-state index is 13.8. The van der Waals surface area contributed by atoms with Crippen molar-refractivity contribution >= 4 is 5.91 Å². The molecule has 1 aromatic heterocycles. The summed E-state index contributed by atoms with van der Waals surface area (Å²) < 4.78 is 58.0. The number of nitrogens with one attached hydrogen (secondary N) is 1. The van der Waals surface area contributed by atoms with Gasteiger partial charge >= 0.3 is 0 Å². The summed E-state index contributed by atoms with van der Waals surface area (Å²) in [4.78, 5) is 16.0. The Morgan fingerprint density at radius 1 is 0.900 bits per heavy atom. The fourth-order valence-corrected chi connectivity index (χ4v) is 9.96. The van der Waals surface area contributed by atoms with Crippen molar-refractivity contribution in [3.8, 4) is 12.3 Å². The maximum atomic E-state index is 13.8. The van der Waals surface area contributed by atoms with Gasteiger partial charge in [-0.25, -0.2) is 8.78 Å². The van der Waals surface area contributed by atoms with Gasteiger partial charge in [0.2, 0.25) is 11.8 Å². The minimum absolute atomic E-state index is 0.0936. The number of aromatic nitrogens is 3. The van der Waals surface area contributed by atoms with Crippen molar-refractivity contribution in [2.24, 2.45) is 11.3 Å². The van der Waals surface area contributed by atoms with Crippen molar-refractivity contribution in [3.63, 3.8) is 0 Å². The third-order valence-corrected chi connectivity index (χ3v) is 13.1. The molecule has 1 saturated heterocycles. The molecule has 1 N–H and O–H groups in total. The molecule has 3 saturated carbocycles.